The SMILES string of the molecule is CC.CC(CCCCCNC(=O)OC(C)(C)C)C(C)OCCCNC(=O)OC(C)(C)C.CC(CCCCCNC(=O)OC(C)(C)C)NC(=O)CCCCC(=O)OCc1ccccc1.CCCCNC(=O)OC(C)(C)C. The lowest BCUT2D eigenvalue weighted by molar-refractivity contribution is -0.145. The van der Waals surface area contributed by atoms with Gasteiger partial charge >= 0.3 is 30.3 Å². The smallest absolute Gasteiger partial charge is 0.407 e. The molecule has 0 aliphatic carbocycles. The number of ether oxygens (including phenoxy) is 6. The van der Waals surface area contributed by atoms with Gasteiger partial charge in [-0.15, -0.1) is 0 Å². The first-order valence-electron chi connectivity index (χ1n) is 27.9. The van der Waals surface area contributed by atoms with Crippen molar-refractivity contribution in [2.24, 2.45) is 5.92 Å². The number of unbranched alkanes of at least 4 members (excludes halogenated alkanes) is 6. The van der Waals surface area contributed by atoms with Crippen LogP contribution in [0.3, 0.4) is 0 Å². The Labute approximate surface area is 455 Å². The molecule has 1 aromatic carbocycles. The summed E-state index contributed by atoms with van der Waals surface area (Å²) in [5.74, 6) is 0.248. The minimum Gasteiger partial charge on any atom is -0.461 e. The molecule has 1 rings (SSSR count). The molecule has 17 heteroatoms. The number of carbonyl (C=O) groups is 6. The van der Waals surface area contributed by atoms with Gasteiger partial charge in [0.1, 0.15) is 29.0 Å². The van der Waals surface area contributed by atoms with Crippen LogP contribution in [0.2, 0.25) is 0 Å². The normalized spacial score (nSPS) is 12.4. The molecular weight excluding hydrogens is 959 g/mol. The van der Waals surface area contributed by atoms with Crippen molar-refractivity contribution < 1.29 is 57.2 Å². The Hall–Kier alpha value is -4.80. The van der Waals surface area contributed by atoms with Crippen LogP contribution in [0, 0.1) is 5.92 Å². The summed E-state index contributed by atoms with van der Waals surface area (Å²) in [4.78, 5) is 69.5. The third kappa shape index (κ3) is 56.8. The van der Waals surface area contributed by atoms with Crippen LogP contribution in [0.15, 0.2) is 30.3 Å². The number of amides is 5. The molecule has 438 valence electrons. The molecule has 0 saturated heterocycles. The second-order valence-electron chi connectivity index (χ2n) is 22.5. The third-order valence-corrected chi connectivity index (χ3v) is 10.0. The van der Waals surface area contributed by atoms with Crippen molar-refractivity contribution >= 4 is 36.2 Å². The molecule has 0 bridgehead atoms. The van der Waals surface area contributed by atoms with Gasteiger partial charge in [-0.2, -0.15) is 0 Å². The minimum atomic E-state index is -0.483. The summed E-state index contributed by atoms with van der Waals surface area (Å²) in [6.07, 6.45) is 11.5. The fraction of sp³-hybridized carbons (Fsp3) is 0.793. The predicted molar refractivity (Wildman–Crippen MR) is 302 cm³/mol. The molecule has 0 heterocycles. The largest absolute Gasteiger partial charge is 0.461 e. The summed E-state index contributed by atoms with van der Waals surface area (Å²) < 4.78 is 31.7. The Morgan fingerprint density at radius 2 is 0.893 bits per heavy atom. The van der Waals surface area contributed by atoms with Gasteiger partial charge in [0.2, 0.25) is 5.91 Å². The summed E-state index contributed by atoms with van der Waals surface area (Å²) in [6, 6.07) is 9.68. The average Bonchev–Trinajstić information content (AvgIpc) is 3.28. The molecule has 0 spiro atoms. The van der Waals surface area contributed by atoms with Crippen LogP contribution in [0.5, 0.6) is 0 Å². The van der Waals surface area contributed by atoms with E-state index in [1.807, 2.05) is 134 Å². The molecule has 5 N–H and O–H groups in total. The molecule has 1 aromatic rings. The Morgan fingerprint density at radius 3 is 1.32 bits per heavy atom. The number of benzene rings is 1. The van der Waals surface area contributed by atoms with Crippen molar-refractivity contribution in [3.05, 3.63) is 35.9 Å². The highest BCUT2D eigenvalue weighted by Crippen LogP contribution is 2.17. The van der Waals surface area contributed by atoms with E-state index in [4.69, 9.17) is 28.4 Å². The molecule has 5 amide bonds. The first-order chi connectivity index (χ1) is 34.9. The van der Waals surface area contributed by atoms with Crippen LogP contribution in [0.25, 0.3) is 0 Å². The van der Waals surface area contributed by atoms with E-state index in [2.05, 4.69) is 47.4 Å². The average molecular weight is 1070 g/mol. The number of alkyl carbamates (subject to hydrolysis) is 4. The summed E-state index contributed by atoms with van der Waals surface area (Å²) >= 11 is 0. The van der Waals surface area contributed by atoms with Gasteiger partial charge in [-0.25, -0.2) is 19.2 Å². The lowest BCUT2D eigenvalue weighted by Gasteiger charge is -2.21. The molecule has 0 aromatic heterocycles. The Morgan fingerprint density at radius 1 is 0.493 bits per heavy atom. The quantitative estimate of drug-likeness (QED) is 0.0288. The van der Waals surface area contributed by atoms with E-state index >= 15 is 0 Å². The van der Waals surface area contributed by atoms with Crippen LogP contribution in [0.1, 0.15) is 227 Å². The highest BCUT2D eigenvalue weighted by molar-refractivity contribution is 5.76. The summed E-state index contributed by atoms with van der Waals surface area (Å²) in [5.41, 5.74) is -0.842. The van der Waals surface area contributed by atoms with Crippen molar-refractivity contribution in [1.29, 1.82) is 0 Å². The number of hydrogen-bond acceptors (Lipinski definition) is 12. The lowest BCUT2D eigenvalue weighted by atomic mass is 9.98. The Bertz CT molecular complexity index is 1640. The van der Waals surface area contributed by atoms with Crippen molar-refractivity contribution in [2.45, 2.75) is 262 Å². The molecule has 75 heavy (non-hydrogen) atoms. The van der Waals surface area contributed by atoms with Crippen LogP contribution in [-0.4, -0.2) is 104 Å². The molecular formula is C58H109N5O12. The number of nitrogens with one attached hydrogen (secondary N) is 5. The second kappa shape index (κ2) is 43.3. The summed E-state index contributed by atoms with van der Waals surface area (Å²) in [5, 5.41) is 14.0. The standard InChI is InChI=1S/C25H40N2O5.C22H44N2O5.C9H19NO2.C2H6/c1-20(13-7-6-12-18-26-24(30)32-25(2,3)4)27-22(28)16-10-11-17-23(29)31-19-21-14-8-5-9-15-21;1-17(13-10-9-11-14-23-19(25)28-21(3,4)5)18(2)27-16-12-15-24-20(26)29-22(6,7)8;1-5-6-7-10-8(11)12-9(2,3)4;1-2/h5,8-9,14-15,20H,6-7,10-13,16-19H2,1-4H3,(H,26,30)(H,27,28);17-18H,9-16H2,1-8H3,(H,23,25)(H,24,26);5-7H2,1-4H3,(H,10,11);1-2H3. The van der Waals surface area contributed by atoms with E-state index in [-0.39, 0.29) is 55.0 Å². The van der Waals surface area contributed by atoms with Gasteiger partial charge in [0.15, 0.2) is 0 Å². The molecule has 0 aliphatic rings. The number of carbonyl (C=O) groups excluding carboxylic acids is 6. The Kier molecular flexibility index (Phi) is 43.0. The van der Waals surface area contributed by atoms with Gasteiger partial charge in [0, 0.05) is 51.7 Å². The minimum absolute atomic E-state index is 0.0155. The van der Waals surface area contributed by atoms with Gasteiger partial charge in [-0.1, -0.05) is 90.1 Å². The maximum atomic E-state index is 12.0. The van der Waals surface area contributed by atoms with Gasteiger partial charge in [0.25, 0.3) is 0 Å². The van der Waals surface area contributed by atoms with Crippen LogP contribution < -0.4 is 26.6 Å². The van der Waals surface area contributed by atoms with Crippen LogP contribution in [-0.2, 0) is 44.6 Å². The zero-order chi connectivity index (χ0) is 57.9. The molecule has 3 atom stereocenters. The van der Waals surface area contributed by atoms with E-state index < -0.39 is 22.4 Å². The lowest BCUT2D eigenvalue weighted by Crippen LogP contribution is -2.33. The molecule has 3 unspecified atom stereocenters. The summed E-state index contributed by atoms with van der Waals surface area (Å²) in [7, 11) is 0. The molecule has 0 aliphatic heterocycles. The van der Waals surface area contributed by atoms with E-state index in [9.17, 15) is 28.8 Å². The van der Waals surface area contributed by atoms with E-state index in [0.717, 1.165) is 76.2 Å². The maximum absolute atomic E-state index is 12.0. The van der Waals surface area contributed by atoms with Crippen molar-refractivity contribution in [1.82, 2.24) is 26.6 Å². The number of rotatable bonds is 29. The first-order valence-corrected chi connectivity index (χ1v) is 27.9. The topological polar surface area (TPSA) is 218 Å². The molecule has 0 saturated carbocycles. The van der Waals surface area contributed by atoms with E-state index in [1.165, 1.54) is 0 Å². The monoisotopic (exact) mass is 1070 g/mol. The van der Waals surface area contributed by atoms with E-state index in [0.29, 0.717) is 64.4 Å². The van der Waals surface area contributed by atoms with Crippen LogP contribution in [0.4, 0.5) is 19.2 Å². The van der Waals surface area contributed by atoms with Crippen LogP contribution >= 0.6 is 0 Å². The molecule has 17 nitrogen and oxygen atoms in total. The van der Waals surface area contributed by atoms with Gasteiger partial charge in [-0.05, 0) is 160 Å². The Balaban J connectivity index is -0.00000111. The third-order valence-electron chi connectivity index (χ3n) is 10.0. The van der Waals surface area contributed by atoms with Crippen molar-refractivity contribution in [3.63, 3.8) is 0 Å². The fourth-order valence-corrected chi connectivity index (χ4v) is 6.24. The number of hydrogen-bond donors (Lipinski definition) is 5. The highest BCUT2D eigenvalue weighted by Gasteiger charge is 2.19. The van der Waals surface area contributed by atoms with Crippen molar-refractivity contribution in [3.8, 4) is 0 Å². The van der Waals surface area contributed by atoms with E-state index in [1.54, 1.807) is 0 Å². The van der Waals surface area contributed by atoms with Crippen molar-refractivity contribution in [2.75, 3.05) is 32.8 Å². The zero-order valence-electron chi connectivity index (χ0n) is 50.4. The van der Waals surface area contributed by atoms with Gasteiger partial charge < -0.3 is 55.0 Å². The highest BCUT2D eigenvalue weighted by atomic mass is 16.6. The fourth-order valence-electron chi connectivity index (χ4n) is 6.24. The summed E-state index contributed by atoms with van der Waals surface area (Å²) in [6.45, 7) is 37.9. The van der Waals surface area contributed by atoms with Gasteiger partial charge in [0.05, 0.1) is 6.10 Å². The molecule has 0 radical (unpaired) electrons. The zero-order valence-corrected chi connectivity index (χ0v) is 50.4. The van der Waals surface area contributed by atoms with Gasteiger partial charge in [-0.3, -0.25) is 9.59 Å². The number of esters is 1. The first kappa shape index (κ1) is 74.4. The second-order valence-corrected chi connectivity index (χ2v) is 22.5. The molecule has 0 fully saturated rings. The predicted octanol–water partition coefficient (Wildman–Crippen LogP) is 13.2. The maximum Gasteiger partial charge on any atom is 0.407 e.